The molecule has 1 saturated heterocycles. The minimum Gasteiger partial charge on any atom is -0.440 e. The van der Waals surface area contributed by atoms with E-state index in [-0.39, 0.29) is 27.6 Å². The van der Waals surface area contributed by atoms with E-state index in [9.17, 15) is 18.4 Å². The minimum atomic E-state index is -0.755. The Morgan fingerprint density at radius 2 is 1.77 bits per heavy atom. The molecule has 4 rings (SSSR count). The number of carbonyl (C=O) groups is 1. The van der Waals surface area contributed by atoms with Crippen molar-refractivity contribution in [2.24, 2.45) is 4.99 Å². The fourth-order valence-corrected chi connectivity index (χ4v) is 3.40. The number of rotatable bonds is 4. The van der Waals surface area contributed by atoms with Crippen LogP contribution in [0.4, 0.5) is 20.4 Å². The molecule has 8 heteroatoms. The number of nitrogens with zero attached hydrogens (tertiary/aromatic N) is 2. The number of hydrogen-bond donors (Lipinski definition) is 0. The number of benzene rings is 2. The predicted octanol–water partition coefficient (Wildman–Crippen LogP) is 3.86. The molecular formula is C22H18F2N2O4. The highest BCUT2D eigenvalue weighted by Gasteiger charge is 2.18. The number of carbonyl (C=O) groups excluding carboxylic acids is 1. The third-order valence-corrected chi connectivity index (χ3v) is 4.83. The summed E-state index contributed by atoms with van der Waals surface area (Å²) in [5.74, 6) is -1.12. The normalized spacial score (nSPS) is 14.9. The lowest BCUT2D eigenvalue weighted by Crippen LogP contribution is -2.36. The molecule has 0 N–H and O–H groups in total. The molecule has 0 radical (unpaired) electrons. The molecule has 1 aromatic heterocycles. The average Bonchev–Trinajstić information content (AvgIpc) is 2.73. The Hall–Kier alpha value is -3.39. The zero-order valence-corrected chi connectivity index (χ0v) is 16.2. The zero-order valence-electron chi connectivity index (χ0n) is 16.2. The molecule has 0 spiro atoms. The molecule has 0 unspecified atom stereocenters. The van der Waals surface area contributed by atoms with Gasteiger partial charge in [-0.25, -0.2) is 8.78 Å². The fourth-order valence-electron chi connectivity index (χ4n) is 3.40. The SMILES string of the molecule is C/C(=N\c1cc(F)cc(F)c1)c1cc(C=O)cc2c(=O)cc(N3CCOCC3)oc12. The molecule has 2 heterocycles. The molecule has 30 heavy (non-hydrogen) atoms. The number of ether oxygens (including phenoxy) is 1. The van der Waals surface area contributed by atoms with Gasteiger partial charge in [-0.3, -0.25) is 14.6 Å². The van der Waals surface area contributed by atoms with Crippen LogP contribution in [0.15, 0.2) is 50.6 Å². The Morgan fingerprint density at radius 3 is 2.43 bits per heavy atom. The van der Waals surface area contributed by atoms with Crippen molar-refractivity contribution < 1.29 is 22.7 Å². The van der Waals surface area contributed by atoms with Gasteiger partial charge >= 0.3 is 0 Å². The largest absolute Gasteiger partial charge is 0.440 e. The summed E-state index contributed by atoms with van der Waals surface area (Å²) >= 11 is 0. The van der Waals surface area contributed by atoms with Crippen LogP contribution in [0.1, 0.15) is 22.8 Å². The molecule has 0 atom stereocenters. The highest BCUT2D eigenvalue weighted by Crippen LogP contribution is 2.26. The Bertz CT molecular complexity index is 1190. The smallest absolute Gasteiger partial charge is 0.200 e. The van der Waals surface area contributed by atoms with Gasteiger partial charge < -0.3 is 14.1 Å². The molecule has 1 aliphatic rings. The van der Waals surface area contributed by atoms with Crippen LogP contribution in [0.2, 0.25) is 0 Å². The van der Waals surface area contributed by atoms with Gasteiger partial charge in [0, 0.05) is 42.1 Å². The minimum absolute atomic E-state index is 0.0707. The molecule has 0 saturated carbocycles. The molecule has 2 aromatic carbocycles. The summed E-state index contributed by atoms with van der Waals surface area (Å²) in [5, 5.41) is 0.228. The van der Waals surface area contributed by atoms with E-state index in [1.165, 1.54) is 18.2 Å². The van der Waals surface area contributed by atoms with Crippen molar-refractivity contribution in [1.29, 1.82) is 0 Å². The quantitative estimate of drug-likeness (QED) is 0.481. The van der Waals surface area contributed by atoms with Crippen LogP contribution in [0.3, 0.4) is 0 Å². The predicted molar refractivity (Wildman–Crippen MR) is 109 cm³/mol. The molecule has 3 aromatic rings. The molecule has 154 valence electrons. The maximum atomic E-state index is 13.5. The summed E-state index contributed by atoms with van der Waals surface area (Å²) in [7, 11) is 0. The fraction of sp³-hybridized carbons (Fsp3) is 0.227. The molecule has 1 fully saturated rings. The highest BCUT2D eigenvalue weighted by atomic mass is 19.1. The monoisotopic (exact) mass is 412 g/mol. The summed E-state index contributed by atoms with van der Waals surface area (Å²) in [5.41, 5.74) is 1.03. The van der Waals surface area contributed by atoms with E-state index >= 15 is 0 Å². The molecule has 0 bridgehead atoms. The Balaban J connectivity index is 1.90. The van der Waals surface area contributed by atoms with Crippen molar-refractivity contribution >= 4 is 34.5 Å². The zero-order chi connectivity index (χ0) is 21.3. The van der Waals surface area contributed by atoms with Crippen LogP contribution in [-0.2, 0) is 4.74 Å². The Labute approximate surface area is 170 Å². The molecule has 6 nitrogen and oxygen atoms in total. The van der Waals surface area contributed by atoms with E-state index in [1.807, 2.05) is 4.90 Å². The van der Waals surface area contributed by atoms with Crippen molar-refractivity contribution in [3.8, 4) is 0 Å². The van der Waals surface area contributed by atoms with Crippen molar-refractivity contribution in [1.82, 2.24) is 0 Å². The first kappa shape index (κ1) is 19.9. The first-order valence-electron chi connectivity index (χ1n) is 9.36. The second-order valence-electron chi connectivity index (χ2n) is 6.94. The van der Waals surface area contributed by atoms with Crippen LogP contribution < -0.4 is 10.3 Å². The maximum Gasteiger partial charge on any atom is 0.200 e. The summed E-state index contributed by atoms with van der Waals surface area (Å²) in [6.07, 6.45) is 0.618. The molecular weight excluding hydrogens is 394 g/mol. The van der Waals surface area contributed by atoms with E-state index in [0.717, 1.165) is 18.2 Å². The summed E-state index contributed by atoms with van der Waals surface area (Å²) in [6, 6.07) is 7.32. The number of fused-ring (bicyclic) bond motifs is 1. The van der Waals surface area contributed by atoms with Gasteiger partial charge in [-0.05, 0) is 31.2 Å². The second-order valence-corrected chi connectivity index (χ2v) is 6.94. The van der Waals surface area contributed by atoms with E-state index in [1.54, 1.807) is 6.92 Å². The van der Waals surface area contributed by atoms with E-state index in [0.29, 0.717) is 49.7 Å². The average molecular weight is 412 g/mol. The van der Waals surface area contributed by atoms with Gasteiger partial charge in [-0.15, -0.1) is 0 Å². The van der Waals surface area contributed by atoms with Gasteiger partial charge in [0.05, 0.1) is 24.3 Å². The lowest BCUT2D eigenvalue weighted by molar-refractivity contribution is 0.112. The third kappa shape index (κ3) is 3.99. The summed E-state index contributed by atoms with van der Waals surface area (Å²) in [4.78, 5) is 30.3. The van der Waals surface area contributed by atoms with Gasteiger partial charge in [0.1, 0.15) is 23.5 Å². The van der Waals surface area contributed by atoms with Gasteiger partial charge in [0.25, 0.3) is 0 Å². The van der Waals surface area contributed by atoms with Crippen molar-refractivity contribution in [3.05, 3.63) is 69.4 Å². The van der Waals surface area contributed by atoms with Crippen LogP contribution in [0, 0.1) is 11.6 Å². The van der Waals surface area contributed by atoms with E-state index in [2.05, 4.69) is 4.99 Å². The molecule has 1 aliphatic heterocycles. The van der Waals surface area contributed by atoms with Crippen LogP contribution in [0.25, 0.3) is 11.0 Å². The number of hydrogen-bond acceptors (Lipinski definition) is 6. The highest BCUT2D eigenvalue weighted by molar-refractivity contribution is 6.10. The summed E-state index contributed by atoms with van der Waals surface area (Å²) in [6.45, 7) is 3.81. The van der Waals surface area contributed by atoms with Crippen LogP contribution >= 0.6 is 0 Å². The van der Waals surface area contributed by atoms with Crippen LogP contribution in [0.5, 0.6) is 0 Å². The van der Waals surface area contributed by atoms with Gasteiger partial charge in [0.15, 0.2) is 11.3 Å². The lowest BCUT2D eigenvalue weighted by Gasteiger charge is -2.27. The van der Waals surface area contributed by atoms with Gasteiger partial charge in [-0.1, -0.05) is 0 Å². The third-order valence-electron chi connectivity index (χ3n) is 4.83. The standard InChI is InChI=1S/C22H18F2N2O4/c1-13(25-17-9-15(23)8-16(24)10-17)18-6-14(12-27)7-19-20(28)11-21(30-22(18)19)26-2-4-29-5-3-26/h6-12H,2-5H2,1H3/b25-13+. The van der Waals surface area contributed by atoms with Crippen molar-refractivity contribution in [2.75, 3.05) is 31.2 Å². The summed E-state index contributed by atoms with van der Waals surface area (Å²) < 4.78 is 38.4. The Kier molecular flexibility index (Phi) is 5.41. The van der Waals surface area contributed by atoms with Gasteiger partial charge in [-0.2, -0.15) is 0 Å². The molecule has 0 amide bonds. The number of morpholine rings is 1. The van der Waals surface area contributed by atoms with Crippen molar-refractivity contribution in [2.45, 2.75) is 6.92 Å². The number of aldehydes is 1. The number of aliphatic imine (C=N–C) groups is 1. The van der Waals surface area contributed by atoms with E-state index < -0.39 is 11.6 Å². The second kappa shape index (κ2) is 8.16. The van der Waals surface area contributed by atoms with Crippen LogP contribution in [-0.4, -0.2) is 38.3 Å². The number of anilines is 1. The lowest BCUT2D eigenvalue weighted by atomic mass is 10.0. The first-order valence-corrected chi connectivity index (χ1v) is 9.36. The number of halogens is 2. The first-order chi connectivity index (χ1) is 14.4. The molecule has 0 aliphatic carbocycles. The van der Waals surface area contributed by atoms with Crippen molar-refractivity contribution in [3.63, 3.8) is 0 Å². The topological polar surface area (TPSA) is 72.1 Å². The van der Waals surface area contributed by atoms with E-state index in [4.69, 9.17) is 9.15 Å². The Morgan fingerprint density at radius 1 is 1.07 bits per heavy atom. The maximum absolute atomic E-state index is 13.5. The van der Waals surface area contributed by atoms with Gasteiger partial charge in [0.2, 0.25) is 0 Å².